The summed E-state index contributed by atoms with van der Waals surface area (Å²) in [6.07, 6.45) is 4.80. The number of anilines is 1. The summed E-state index contributed by atoms with van der Waals surface area (Å²) in [6.45, 7) is 5.40. The van der Waals surface area contributed by atoms with Gasteiger partial charge in [-0.15, -0.1) is 0 Å². The second-order valence-electron chi connectivity index (χ2n) is 6.34. The van der Waals surface area contributed by atoms with Crippen LogP contribution in [0.25, 0.3) is 0 Å². The van der Waals surface area contributed by atoms with Gasteiger partial charge in [0.2, 0.25) is 10.0 Å². The molecule has 0 amide bonds. The van der Waals surface area contributed by atoms with E-state index < -0.39 is 16.0 Å². The highest BCUT2D eigenvalue weighted by molar-refractivity contribution is 7.89. The molecule has 7 heteroatoms. The molecule has 0 unspecified atom stereocenters. The van der Waals surface area contributed by atoms with E-state index in [1.165, 1.54) is 12.1 Å². The standard InChI is InChI=1S/C17H26N2O4S/c1-3-7-13(2)18-24(22,23)14-8-9-16(15(12-14)17(20)21)19-10-5-4-6-11-19/h8-9,12-13,18H,3-7,10-11H2,1-2H3,(H,20,21)/t13-/m0/s1. The molecule has 1 aliphatic heterocycles. The number of rotatable bonds is 7. The fraction of sp³-hybridized carbons (Fsp3) is 0.588. The van der Waals surface area contributed by atoms with Crippen LogP contribution < -0.4 is 9.62 Å². The van der Waals surface area contributed by atoms with E-state index in [1.54, 1.807) is 13.0 Å². The summed E-state index contributed by atoms with van der Waals surface area (Å²) in [5.74, 6) is -1.10. The van der Waals surface area contributed by atoms with Gasteiger partial charge in [0.05, 0.1) is 16.1 Å². The summed E-state index contributed by atoms with van der Waals surface area (Å²) in [5.41, 5.74) is 0.644. The van der Waals surface area contributed by atoms with Gasteiger partial charge in [0.1, 0.15) is 0 Å². The van der Waals surface area contributed by atoms with Crippen LogP contribution in [0.5, 0.6) is 0 Å². The van der Waals surface area contributed by atoms with E-state index in [-0.39, 0.29) is 16.5 Å². The minimum atomic E-state index is -3.72. The minimum Gasteiger partial charge on any atom is -0.478 e. The molecule has 1 saturated heterocycles. The summed E-state index contributed by atoms with van der Waals surface area (Å²) in [6, 6.07) is 4.20. The molecule has 24 heavy (non-hydrogen) atoms. The Morgan fingerprint density at radius 1 is 1.29 bits per heavy atom. The maximum atomic E-state index is 12.5. The van der Waals surface area contributed by atoms with Crippen molar-refractivity contribution in [2.45, 2.75) is 56.9 Å². The minimum absolute atomic E-state index is 0.00334. The predicted molar refractivity (Wildman–Crippen MR) is 94.2 cm³/mol. The molecular weight excluding hydrogens is 328 g/mol. The highest BCUT2D eigenvalue weighted by atomic mass is 32.2. The Hall–Kier alpha value is -1.60. The van der Waals surface area contributed by atoms with Crippen LogP contribution in [0.2, 0.25) is 0 Å². The molecule has 1 atom stereocenters. The SMILES string of the molecule is CCC[C@H](C)NS(=O)(=O)c1ccc(N2CCCCC2)c(C(=O)O)c1. The lowest BCUT2D eigenvalue weighted by Crippen LogP contribution is -2.33. The van der Waals surface area contributed by atoms with Crippen molar-refractivity contribution < 1.29 is 18.3 Å². The normalized spacial score (nSPS) is 16.8. The molecule has 1 fully saturated rings. The largest absolute Gasteiger partial charge is 0.478 e. The van der Waals surface area contributed by atoms with Crippen molar-refractivity contribution in [3.05, 3.63) is 23.8 Å². The zero-order valence-electron chi connectivity index (χ0n) is 14.3. The Morgan fingerprint density at radius 3 is 2.54 bits per heavy atom. The van der Waals surface area contributed by atoms with Crippen molar-refractivity contribution in [1.82, 2.24) is 4.72 Å². The van der Waals surface area contributed by atoms with Crippen molar-refractivity contribution in [1.29, 1.82) is 0 Å². The van der Waals surface area contributed by atoms with Crippen molar-refractivity contribution >= 4 is 21.7 Å². The zero-order valence-corrected chi connectivity index (χ0v) is 15.1. The van der Waals surface area contributed by atoms with E-state index in [2.05, 4.69) is 4.72 Å². The van der Waals surface area contributed by atoms with Crippen LogP contribution in [-0.2, 0) is 10.0 Å². The number of piperidine rings is 1. The van der Waals surface area contributed by atoms with Gasteiger partial charge in [-0.2, -0.15) is 0 Å². The number of nitrogens with one attached hydrogen (secondary N) is 1. The van der Waals surface area contributed by atoms with Gasteiger partial charge in [0.25, 0.3) is 0 Å². The van der Waals surface area contributed by atoms with E-state index in [9.17, 15) is 18.3 Å². The molecule has 1 heterocycles. The number of carboxylic acid groups (broad SMARTS) is 1. The van der Waals surface area contributed by atoms with Gasteiger partial charge in [-0.05, 0) is 50.8 Å². The van der Waals surface area contributed by atoms with Crippen LogP contribution in [0, 0.1) is 0 Å². The second kappa shape index (κ2) is 7.98. The number of hydrogen-bond donors (Lipinski definition) is 2. The zero-order chi connectivity index (χ0) is 17.7. The first-order valence-electron chi connectivity index (χ1n) is 8.49. The van der Waals surface area contributed by atoms with Crippen molar-refractivity contribution in [3.63, 3.8) is 0 Å². The molecule has 2 rings (SSSR count). The molecule has 0 spiro atoms. The van der Waals surface area contributed by atoms with Gasteiger partial charge in [-0.25, -0.2) is 17.9 Å². The highest BCUT2D eigenvalue weighted by Crippen LogP contribution is 2.27. The van der Waals surface area contributed by atoms with Crippen LogP contribution in [0.4, 0.5) is 5.69 Å². The second-order valence-corrected chi connectivity index (χ2v) is 8.06. The summed E-state index contributed by atoms with van der Waals surface area (Å²) in [4.78, 5) is 13.7. The average molecular weight is 354 g/mol. The number of sulfonamides is 1. The topological polar surface area (TPSA) is 86.7 Å². The van der Waals surface area contributed by atoms with Crippen LogP contribution in [0.1, 0.15) is 56.3 Å². The molecule has 0 aromatic heterocycles. The van der Waals surface area contributed by atoms with Gasteiger partial charge in [-0.3, -0.25) is 0 Å². The first-order chi connectivity index (χ1) is 11.3. The van der Waals surface area contributed by atoms with E-state index in [0.717, 1.165) is 45.2 Å². The fourth-order valence-corrected chi connectivity index (χ4v) is 4.39. The molecule has 1 aromatic carbocycles. The molecule has 2 N–H and O–H groups in total. The number of carboxylic acids is 1. The Kier molecular flexibility index (Phi) is 6.23. The van der Waals surface area contributed by atoms with Crippen LogP contribution in [0.15, 0.2) is 23.1 Å². The monoisotopic (exact) mass is 354 g/mol. The first-order valence-corrected chi connectivity index (χ1v) is 9.98. The van der Waals surface area contributed by atoms with Crippen LogP contribution in [-0.4, -0.2) is 38.6 Å². The summed E-state index contributed by atoms with van der Waals surface area (Å²) < 4.78 is 27.5. The Bertz CT molecular complexity index is 682. The Balaban J connectivity index is 2.32. The third-order valence-electron chi connectivity index (χ3n) is 4.28. The smallest absolute Gasteiger partial charge is 0.337 e. The quantitative estimate of drug-likeness (QED) is 0.786. The number of aromatic carboxylic acids is 1. The van der Waals surface area contributed by atoms with E-state index in [0.29, 0.717) is 5.69 Å². The Morgan fingerprint density at radius 2 is 1.96 bits per heavy atom. The first kappa shape index (κ1) is 18.7. The molecule has 134 valence electrons. The van der Waals surface area contributed by atoms with E-state index in [1.807, 2.05) is 11.8 Å². The third kappa shape index (κ3) is 4.48. The maximum Gasteiger partial charge on any atom is 0.337 e. The lowest BCUT2D eigenvalue weighted by atomic mass is 10.1. The lowest BCUT2D eigenvalue weighted by Gasteiger charge is -2.30. The number of hydrogen-bond acceptors (Lipinski definition) is 4. The number of benzene rings is 1. The molecule has 1 aromatic rings. The number of carbonyl (C=O) groups is 1. The Labute approximate surface area is 143 Å². The lowest BCUT2D eigenvalue weighted by molar-refractivity contribution is 0.0697. The van der Waals surface area contributed by atoms with Gasteiger partial charge in [0.15, 0.2) is 0 Å². The van der Waals surface area contributed by atoms with Crippen molar-refractivity contribution in [2.75, 3.05) is 18.0 Å². The van der Waals surface area contributed by atoms with Gasteiger partial charge in [-0.1, -0.05) is 13.3 Å². The van der Waals surface area contributed by atoms with Gasteiger partial charge in [0, 0.05) is 19.1 Å². The van der Waals surface area contributed by atoms with E-state index in [4.69, 9.17) is 0 Å². The summed E-state index contributed by atoms with van der Waals surface area (Å²) in [7, 11) is -3.72. The van der Waals surface area contributed by atoms with Crippen molar-refractivity contribution in [3.8, 4) is 0 Å². The molecule has 0 bridgehead atoms. The predicted octanol–water partition coefficient (Wildman–Crippen LogP) is 2.84. The molecule has 0 saturated carbocycles. The van der Waals surface area contributed by atoms with Crippen LogP contribution >= 0.6 is 0 Å². The average Bonchev–Trinajstić information content (AvgIpc) is 2.54. The van der Waals surface area contributed by atoms with E-state index >= 15 is 0 Å². The molecule has 0 aliphatic carbocycles. The van der Waals surface area contributed by atoms with Crippen LogP contribution in [0.3, 0.4) is 0 Å². The molecule has 0 radical (unpaired) electrons. The summed E-state index contributed by atoms with van der Waals surface area (Å²) in [5, 5.41) is 9.51. The van der Waals surface area contributed by atoms with Gasteiger partial charge < -0.3 is 10.0 Å². The fourth-order valence-electron chi connectivity index (χ4n) is 3.09. The number of nitrogens with zero attached hydrogens (tertiary/aromatic N) is 1. The summed E-state index contributed by atoms with van der Waals surface area (Å²) >= 11 is 0. The van der Waals surface area contributed by atoms with Gasteiger partial charge >= 0.3 is 5.97 Å². The third-order valence-corrected chi connectivity index (χ3v) is 5.87. The molecule has 1 aliphatic rings. The molecular formula is C17H26N2O4S. The maximum absolute atomic E-state index is 12.5. The highest BCUT2D eigenvalue weighted by Gasteiger charge is 2.23. The van der Waals surface area contributed by atoms with Crippen molar-refractivity contribution in [2.24, 2.45) is 0 Å². The molecule has 6 nitrogen and oxygen atoms in total.